The first-order valence-electron chi connectivity index (χ1n) is 4.98. The summed E-state index contributed by atoms with van der Waals surface area (Å²) in [6, 6.07) is 0. The molecule has 1 aromatic heterocycles. The second-order valence-corrected chi connectivity index (χ2v) is 4.35. The molecule has 0 aromatic carbocycles. The Morgan fingerprint density at radius 1 is 1.67 bits per heavy atom. The Morgan fingerprint density at radius 3 is 2.87 bits per heavy atom. The van der Waals surface area contributed by atoms with Crippen LogP contribution in [0.5, 0.6) is 0 Å². The van der Waals surface area contributed by atoms with E-state index in [-0.39, 0.29) is 5.69 Å². The van der Waals surface area contributed by atoms with Gasteiger partial charge in [0.1, 0.15) is 11.2 Å². The molecule has 0 amide bonds. The van der Waals surface area contributed by atoms with Crippen LogP contribution in [0.25, 0.3) is 0 Å². The molecule has 0 spiro atoms. The second-order valence-electron chi connectivity index (χ2n) is 4.35. The molecule has 0 radical (unpaired) electrons. The number of aromatic nitrogens is 3. The Kier molecular flexibility index (Phi) is 2.46. The lowest BCUT2D eigenvalue weighted by Crippen LogP contribution is -2.41. The fourth-order valence-corrected chi connectivity index (χ4v) is 1.31. The van der Waals surface area contributed by atoms with E-state index >= 15 is 0 Å². The van der Waals surface area contributed by atoms with Crippen LogP contribution >= 0.6 is 0 Å². The molecule has 1 aromatic rings. The largest absolute Gasteiger partial charge is 0.316 e. The van der Waals surface area contributed by atoms with Crippen LogP contribution in [0.2, 0.25) is 0 Å². The van der Waals surface area contributed by atoms with Crippen LogP contribution in [0.1, 0.15) is 25.5 Å². The van der Waals surface area contributed by atoms with Gasteiger partial charge in [-0.25, -0.2) is 8.78 Å². The molecule has 0 saturated heterocycles. The monoisotopic (exact) mass is 216 g/mol. The first kappa shape index (κ1) is 10.5. The second kappa shape index (κ2) is 3.52. The highest BCUT2D eigenvalue weighted by atomic mass is 19.3. The molecule has 0 bridgehead atoms. The van der Waals surface area contributed by atoms with Crippen molar-refractivity contribution in [3.8, 4) is 0 Å². The highest BCUT2D eigenvalue weighted by Gasteiger charge is 2.35. The number of hydrogen-bond donors (Lipinski definition) is 1. The van der Waals surface area contributed by atoms with E-state index in [1.807, 2.05) is 0 Å². The summed E-state index contributed by atoms with van der Waals surface area (Å²) in [5.41, 5.74) is 3.92. The molecule has 1 heterocycles. The van der Waals surface area contributed by atoms with Crippen LogP contribution < -0.4 is 5.73 Å². The van der Waals surface area contributed by atoms with Gasteiger partial charge in [0.15, 0.2) is 0 Å². The molecule has 2 N–H and O–H groups in total. The Labute approximate surface area is 86.4 Å². The summed E-state index contributed by atoms with van der Waals surface area (Å²) in [5, 5.41) is 7.50. The highest BCUT2D eigenvalue weighted by Crippen LogP contribution is 2.30. The fourth-order valence-electron chi connectivity index (χ4n) is 1.31. The van der Waals surface area contributed by atoms with E-state index in [0.717, 1.165) is 6.54 Å². The van der Waals surface area contributed by atoms with Crippen molar-refractivity contribution in [3.05, 3.63) is 11.9 Å². The van der Waals surface area contributed by atoms with Crippen LogP contribution in [0.15, 0.2) is 6.20 Å². The molecule has 1 aliphatic rings. The van der Waals surface area contributed by atoms with Gasteiger partial charge in [0.05, 0.1) is 6.20 Å². The lowest BCUT2D eigenvalue weighted by molar-refractivity contribution is 0.0601. The predicted molar refractivity (Wildman–Crippen MR) is 50.3 cm³/mol. The minimum atomic E-state index is -2.64. The molecule has 4 nitrogen and oxygen atoms in total. The van der Waals surface area contributed by atoms with Gasteiger partial charge >= 0.3 is 0 Å². The number of hydrogen-bond acceptors (Lipinski definition) is 3. The van der Waals surface area contributed by atoms with Gasteiger partial charge in [-0.3, -0.25) is 4.68 Å². The lowest BCUT2D eigenvalue weighted by atomic mass is 10.0. The van der Waals surface area contributed by atoms with E-state index < -0.39 is 12.0 Å². The van der Waals surface area contributed by atoms with Crippen molar-refractivity contribution in [2.45, 2.75) is 38.3 Å². The zero-order valence-electron chi connectivity index (χ0n) is 8.53. The third kappa shape index (κ3) is 2.14. The van der Waals surface area contributed by atoms with Gasteiger partial charge in [-0.1, -0.05) is 5.21 Å². The van der Waals surface area contributed by atoms with Crippen molar-refractivity contribution in [3.63, 3.8) is 0 Å². The van der Waals surface area contributed by atoms with Crippen LogP contribution in [0.3, 0.4) is 0 Å². The van der Waals surface area contributed by atoms with Crippen molar-refractivity contribution in [1.82, 2.24) is 15.0 Å². The zero-order valence-corrected chi connectivity index (χ0v) is 8.53. The summed E-state index contributed by atoms with van der Waals surface area (Å²) < 4.78 is 26.8. The van der Waals surface area contributed by atoms with Crippen LogP contribution in [-0.4, -0.2) is 21.4 Å². The van der Waals surface area contributed by atoms with Crippen molar-refractivity contribution < 1.29 is 8.78 Å². The summed E-state index contributed by atoms with van der Waals surface area (Å²) in [6.07, 6.45) is 1.25. The molecule has 1 aliphatic carbocycles. The minimum Gasteiger partial charge on any atom is -0.316 e. The molecule has 6 heteroatoms. The molecular weight excluding hydrogens is 202 g/mol. The molecule has 1 unspecified atom stereocenters. The quantitative estimate of drug-likeness (QED) is 0.820. The molecule has 1 fully saturated rings. The summed E-state index contributed by atoms with van der Waals surface area (Å²) in [4.78, 5) is 0. The van der Waals surface area contributed by atoms with E-state index in [2.05, 4.69) is 10.3 Å². The lowest BCUT2D eigenvalue weighted by Gasteiger charge is -2.19. The average Bonchev–Trinajstić information content (AvgIpc) is 2.81. The topological polar surface area (TPSA) is 56.7 Å². The van der Waals surface area contributed by atoms with E-state index in [1.54, 1.807) is 4.68 Å². The van der Waals surface area contributed by atoms with E-state index in [0.29, 0.717) is 5.92 Å². The number of nitrogens with two attached hydrogens (primary N) is 1. The summed E-state index contributed by atoms with van der Waals surface area (Å²) in [6.45, 7) is 2.02. The van der Waals surface area contributed by atoms with Crippen molar-refractivity contribution in [1.29, 1.82) is 0 Å². The van der Waals surface area contributed by atoms with Crippen LogP contribution in [0.4, 0.5) is 8.78 Å². The van der Waals surface area contributed by atoms with Gasteiger partial charge in [-0.2, -0.15) is 0 Å². The SMILES string of the molecule is CC(N)(c1cn(CC2CC2)nn1)C(F)F. The maximum atomic E-state index is 12.6. The predicted octanol–water partition coefficient (Wildman–Crippen LogP) is 1.13. The Hall–Kier alpha value is -1.04. The molecule has 2 rings (SSSR count). The van der Waals surface area contributed by atoms with Gasteiger partial charge in [0, 0.05) is 6.54 Å². The van der Waals surface area contributed by atoms with Gasteiger partial charge in [-0.05, 0) is 25.7 Å². The number of rotatable bonds is 4. The first-order chi connectivity index (χ1) is 7.00. The molecule has 84 valence electrons. The first-order valence-corrected chi connectivity index (χ1v) is 4.98. The van der Waals surface area contributed by atoms with Crippen molar-refractivity contribution >= 4 is 0 Å². The maximum Gasteiger partial charge on any atom is 0.261 e. The molecule has 0 aliphatic heterocycles. The molecule has 15 heavy (non-hydrogen) atoms. The maximum absolute atomic E-state index is 12.6. The van der Waals surface area contributed by atoms with Crippen LogP contribution in [0, 0.1) is 5.92 Å². The third-order valence-electron chi connectivity index (χ3n) is 2.69. The van der Waals surface area contributed by atoms with E-state index in [9.17, 15) is 8.78 Å². The van der Waals surface area contributed by atoms with E-state index in [4.69, 9.17) is 5.73 Å². The molecule has 1 saturated carbocycles. The smallest absolute Gasteiger partial charge is 0.261 e. The summed E-state index contributed by atoms with van der Waals surface area (Å²) >= 11 is 0. The standard InChI is InChI=1S/C9H14F2N4/c1-9(12,8(10)11)7-5-15(14-13-7)4-6-2-3-6/h5-6,8H,2-4,12H2,1H3. The summed E-state index contributed by atoms with van der Waals surface area (Å²) in [5.74, 6) is 0.634. The average molecular weight is 216 g/mol. The van der Waals surface area contributed by atoms with Crippen LogP contribution in [-0.2, 0) is 12.1 Å². The third-order valence-corrected chi connectivity index (χ3v) is 2.69. The molecule has 1 atom stereocenters. The number of halogens is 2. The van der Waals surface area contributed by atoms with Gasteiger partial charge in [-0.15, -0.1) is 5.10 Å². The Bertz CT molecular complexity index is 344. The minimum absolute atomic E-state index is 0.151. The Balaban J connectivity index is 2.11. The zero-order chi connectivity index (χ0) is 11.1. The number of alkyl halides is 2. The Morgan fingerprint density at radius 2 is 2.33 bits per heavy atom. The summed E-state index contributed by atoms with van der Waals surface area (Å²) in [7, 11) is 0. The van der Waals surface area contributed by atoms with E-state index in [1.165, 1.54) is 26.0 Å². The van der Waals surface area contributed by atoms with Crippen molar-refractivity contribution in [2.75, 3.05) is 0 Å². The number of nitrogens with zero attached hydrogens (tertiary/aromatic N) is 3. The fraction of sp³-hybridized carbons (Fsp3) is 0.778. The van der Waals surface area contributed by atoms with Gasteiger partial charge < -0.3 is 5.73 Å². The van der Waals surface area contributed by atoms with Gasteiger partial charge in [0.25, 0.3) is 6.43 Å². The van der Waals surface area contributed by atoms with Crippen molar-refractivity contribution in [2.24, 2.45) is 11.7 Å². The van der Waals surface area contributed by atoms with Gasteiger partial charge in [0.2, 0.25) is 0 Å². The normalized spacial score (nSPS) is 20.6. The molecular formula is C9H14F2N4. The highest BCUT2D eigenvalue weighted by molar-refractivity contribution is 5.09.